The Hall–Kier alpha value is -2.91. The number of para-hydroxylation sites is 1. The van der Waals surface area contributed by atoms with Crippen LogP contribution in [0.2, 0.25) is 0 Å². The molecule has 4 unspecified atom stereocenters. The number of likely N-dealkylation sites (N-methyl/N-ethyl adjacent to an activating group) is 1. The largest absolute Gasteiger partial charge is 0.492 e. The van der Waals surface area contributed by atoms with Crippen LogP contribution >= 0.6 is 0 Å². The number of fused-ring (bicyclic) bond motifs is 1. The van der Waals surface area contributed by atoms with Crippen LogP contribution in [0.25, 0.3) is 6.08 Å². The first-order chi connectivity index (χ1) is 15.8. The van der Waals surface area contributed by atoms with Crippen molar-refractivity contribution in [2.24, 2.45) is 5.92 Å². The van der Waals surface area contributed by atoms with E-state index in [1.54, 1.807) is 6.08 Å². The van der Waals surface area contributed by atoms with Crippen molar-refractivity contribution in [3.63, 3.8) is 0 Å². The molecule has 9 heteroatoms. The lowest BCUT2D eigenvalue weighted by Gasteiger charge is -2.34. The second kappa shape index (κ2) is 13.0. The lowest BCUT2D eigenvalue weighted by atomic mass is 9.96. The predicted octanol–water partition coefficient (Wildman–Crippen LogP) is 0.537. The highest BCUT2D eigenvalue weighted by molar-refractivity contribution is 5.92. The normalized spacial score (nSPS) is 24.3. The van der Waals surface area contributed by atoms with Crippen LogP contribution in [0, 0.1) is 5.92 Å². The summed E-state index contributed by atoms with van der Waals surface area (Å²) in [6.45, 7) is 6.17. The first kappa shape index (κ1) is 26.3. The van der Waals surface area contributed by atoms with Gasteiger partial charge in [0.05, 0.1) is 18.7 Å². The summed E-state index contributed by atoms with van der Waals surface area (Å²) < 4.78 is 5.92. The molecule has 1 heterocycles. The van der Waals surface area contributed by atoms with Gasteiger partial charge in [-0.2, -0.15) is 0 Å². The lowest BCUT2D eigenvalue weighted by Crippen LogP contribution is -2.59. The lowest BCUT2D eigenvalue weighted by molar-refractivity contribution is -0.145. The number of rotatable bonds is 3. The number of benzene rings is 1. The van der Waals surface area contributed by atoms with Crippen molar-refractivity contribution in [2.75, 3.05) is 33.3 Å². The molecule has 2 rings (SSSR count). The van der Waals surface area contributed by atoms with Gasteiger partial charge in [0.2, 0.25) is 17.7 Å². The summed E-state index contributed by atoms with van der Waals surface area (Å²) in [4.78, 5) is 39.4. The van der Waals surface area contributed by atoms with Crippen molar-refractivity contribution in [2.45, 2.75) is 45.4 Å². The third-order valence-electron chi connectivity index (χ3n) is 5.75. The molecule has 0 fully saturated rings. The molecule has 182 valence electrons. The Kier molecular flexibility index (Phi) is 10.3. The number of amides is 3. The van der Waals surface area contributed by atoms with Gasteiger partial charge in [-0.25, -0.2) is 0 Å². The van der Waals surface area contributed by atoms with Gasteiger partial charge in [-0.15, -0.1) is 0 Å². The number of hydrogen-bond donors (Lipinski definition) is 4. The van der Waals surface area contributed by atoms with Gasteiger partial charge < -0.3 is 30.7 Å². The van der Waals surface area contributed by atoms with Crippen molar-refractivity contribution < 1.29 is 24.2 Å². The minimum Gasteiger partial charge on any atom is -0.492 e. The number of carbonyl (C=O) groups is 3. The fraction of sp³-hybridized carbons (Fsp3) is 0.542. The highest BCUT2D eigenvalue weighted by Gasteiger charge is 2.35. The van der Waals surface area contributed by atoms with E-state index in [0.717, 1.165) is 12.0 Å². The first-order valence-corrected chi connectivity index (χ1v) is 11.4. The van der Waals surface area contributed by atoms with Gasteiger partial charge >= 0.3 is 0 Å². The van der Waals surface area contributed by atoms with E-state index in [-0.39, 0.29) is 30.8 Å². The molecule has 1 aromatic rings. The van der Waals surface area contributed by atoms with Crippen LogP contribution in [-0.2, 0) is 14.4 Å². The molecule has 0 radical (unpaired) electrons. The van der Waals surface area contributed by atoms with Gasteiger partial charge in [-0.05, 0) is 18.9 Å². The standard InChI is InChI=1S/C24H36N4O5/c1-5-16(2)21-24(32)28(4)22(17(3)29)23(31)27-15-20(30)25-12-8-10-18-9-6-7-11-19(18)33-14-13-26-21/h6-11,16-17,21-22,26,29H,5,12-15H2,1-4H3,(H,25,30)(H,27,31)/b10-8-. The Labute approximate surface area is 195 Å². The van der Waals surface area contributed by atoms with Crippen LogP contribution < -0.4 is 20.7 Å². The maximum atomic E-state index is 13.3. The van der Waals surface area contributed by atoms with Crippen molar-refractivity contribution in [3.05, 3.63) is 35.9 Å². The SMILES string of the molecule is CCC(C)C1NCCOc2ccccc2/C=C\CNC(=O)CNC(=O)C(C(C)O)N(C)C1=O. The Balaban J connectivity index is 2.29. The van der Waals surface area contributed by atoms with Crippen LogP contribution in [-0.4, -0.2) is 79.2 Å². The van der Waals surface area contributed by atoms with Crippen LogP contribution in [0.4, 0.5) is 0 Å². The first-order valence-electron chi connectivity index (χ1n) is 11.4. The fourth-order valence-electron chi connectivity index (χ4n) is 3.66. The smallest absolute Gasteiger partial charge is 0.245 e. The Morgan fingerprint density at radius 3 is 2.61 bits per heavy atom. The molecule has 0 spiro atoms. The number of nitrogens with zero attached hydrogens (tertiary/aromatic N) is 1. The second-order valence-electron chi connectivity index (χ2n) is 8.26. The topological polar surface area (TPSA) is 120 Å². The molecule has 0 saturated carbocycles. The zero-order valence-corrected chi connectivity index (χ0v) is 19.8. The van der Waals surface area contributed by atoms with E-state index in [9.17, 15) is 19.5 Å². The Morgan fingerprint density at radius 1 is 1.18 bits per heavy atom. The molecule has 4 N–H and O–H groups in total. The fourth-order valence-corrected chi connectivity index (χ4v) is 3.66. The summed E-state index contributed by atoms with van der Waals surface area (Å²) in [7, 11) is 1.49. The van der Waals surface area contributed by atoms with Gasteiger partial charge in [0, 0.05) is 25.7 Å². The zero-order chi connectivity index (χ0) is 24.4. The number of carbonyl (C=O) groups excluding carboxylic acids is 3. The molecular weight excluding hydrogens is 424 g/mol. The van der Waals surface area contributed by atoms with Crippen molar-refractivity contribution >= 4 is 23.8 Å². The van der Waals surface area contributed by atoms with Crippen LogP contribution in [0.5, 0.6) is 5.75 Å². The minimum absolute atomic E-state index is 0.00995. The maximum Gasteiger partial charge on any atom is 0.245 e. The molecule has 4 atom stereocenters. The highest BCUT2D eigenvalue weighted by Crippen LogP contribution is 2.19. The number of hydrogen-bond acceptors (Lipinski definition) is 6. The van der Waals surface area contributed by atoms with E-state index >= 15 is 0 Å². The minimum atomic E-state index is -1.12. The predicted molar refractivity (Wildman–Crippen MR) is 126 cm³/mol. The average Bonchev–Trinajstić information content (AvgIpc) is 2.79. The van der Waals surface area contributed by atoms with Gasteiger partial charge in [0.15, 0.2) is 0 Å². The van der Waals surface area contributed by atoms with Crippen LogP contribution in [0.1, 0.15) is 32.8 Å². The highest BCUT2D eigenvalue weighted by atomic mass is 16.5. The number of aliphatic hydroxyl groups excluding tert-OH is 1. The number of ether oxygens (including phenoxy) is 1. The van der Waals surface area contributed by atoms with Gasteiger partial charge in [0.1, 0.15) is 18.4 Å². The summed E-state index contributed by atoms with van der Waals surface area (Å²) in [5.74, 6) is -0.583. The number of nitrogens with one attached hydrogen (secondary N) is 3. The molecule has 1 aromatic carbocycles. The monoisotopic (exact) mass is 460 g/mol. The molecule has 0 aromatic heterocycles. The van der Waals surface area contributed by atoms with E-state index in [0.29, 0.717) is 18.9 Å². The molecule has 0 aliphatic carbocycles. The molecule has 0 bridgehead atoms. The Morgan fingerprint density at radius 2 is 1.91 bits per heavy atom. The van der Waals surface area contributed by atoms with Gasteiger partial charge in [-0.1, -0.05) is 50.6 Å². The zero-order valence-electron chi connectivity index (χ0n) is 19.8. The van der Waals surface area contributed by atoms with Gasteiger partial charge in [-0.3, -0.25) is 14.4 Å². The summed E-state index contributed by atoms with van der Waals surface area (Å²) in [5.41, 5.74) is 0.871. The van der Waals surface area contributed by atoms with Crippen LogP contribution in [0.15, 0.2) is 30.3 Å². The van der Waals surface area contributed by atoms with E-state index in [4.69, 9.17) is 4.74 Å². The average molecular weight is 461 g/mol. The Bertz CT molecular complexity index is 842. The molecule has 0 saturated heterocycles. The maximum absolute atomic E-state index is 13.3. The summed E-state index contributed by atoms with van der Waals surface area (Å²) in [5, 5.41) is 18.7. The van der Waals surface area contributed by atoms with Crippen LogP contribution in [0.3, 0.4) is 0 Å². The quantitative estimate of drug-likeness (QED) is 0.523. The van der Waals surface area contributed by atoms with E-state index in [1.165, 1.54) is 18.9 Å². The van der Waals surface area contributed by atoms with Crippen molar-refractivity contribution in [1.82, 2.24) is 20.9 Å². The van der Waals surface area contributed by atoms with Crippen molar-refractivity contribution in [1.29, 1.82) is 0 Å². The molecule has 33 heavy (non-hydrogen) atoms. The third-order valence-corrected chi connectivity index (χ3v) is 5.75. The van der Waals surface area contributed by atoms with E-state index in [1.807, 2.05) is 44.2 Å². The molecular formula is C24H36N4O5. The molecule has 1 aliphatic heterocycles. The summed E-state index contributed by atoms with van der Waals surface area (Å²) in [6.07, 6.45) is 3.28. The summed E-state index contributed by atoms with van der Waals surface area (Å²) >= 11 is 0. The third kappa shape index (κ3) is 7.57. The van der Waals surface area contributed by atoms with E-state index < -0.39 is 24.1 Å². The molecule has 1 aliphatic rings. The number of aliphatic hydroxyl groups is 1. The van der Waals surface area contributed by atoms with E-state index in [2.05, 4.69) is 16.0 Å². The molecule has 9 nitrogen and oxygen atoms in total. The second-order valence-corrected chi connectivity index (χ2v) is 8.26. The van der Waals surface area contributed by atoms with Gasteiger partial charge in [0.25, 0.3) is 0 Å². The van der Waals surface area contributed by atoms with Crippen molar-refractivity contribution in [3.8, 4) is 5.75 Å². The summed E-state index contributed by atoms with van der Waals surface area (Å²) in [6, 6.07) is 5.88. The molecule has 3 amide bonds.